The normalized spacial score (nSPS) is 19.7. The first-order chi connectivity index (χ1) is 6.33. The first kappa shape index (κ1) is 7.92. The fraction of sp³-hybridized carbons (Fsp3) is 0.0909. The maximum absolute atomic E-state index is 11.3. The van der Waals surface area contributed by atoms with E-state index in [0.717, 1.165) is 11.1 Å². The Morgan fingerprint density at radius 2 is 1.92 bits per heavy atom. The maximum atomic E-state index is 11.3. The van der Waals surface area contributed by atoms with Crippen LogP contribution in [0.25, 0.3) is 6.08 Å². The lowest BCUT2D eigenvalue weighted by Gasteiger charge is -2.14. The fourth-order valence-corrected chi connectivity index (χ4v) is 1.52. The Morgan fingerprint density at radius 1 is 1.15 bits per heavy atom. The lowest BCUT2D eigenvalue weighted by molar-refractivity contribution is -0.120. The number of carbonyl (C=O) groups is 2. The Balaban J connectivity index is 2.59. The molecule has 1 atom stereocenters. The number of hydrogen-bond acceptors (Lipinski definition) is 2. The van der Waals surface area contributed by atoms with Gasteiger partial charge in [0.25, 0.3) is 0 Å². The average molecular weight is 172 g/mol. The predicted molar refractivity (Wildman–Crippen MR) is 49.3 cm³/mol. The topological polar surface area (TPSA) is 34.1 Å². The molecular formula is C11H8O2. The highest BCUT2D eigenvalue weighted by molar-refractivity contribution is 6.10. The summed E-state index contributed by atoms with van der Waals surface area (Å²) >= 11 is 0. The molecule has 2 nitrogen and oxygen atoms in total. The summed E-state index contributed by atoms with van der Waals surface area (Å²) in [5.74, 6) is -0.727. The molecule has 0 saturated carbocycles. The van der Waals surface area contributed by atoms with Gasteiger partial charge in [0.05, 0.1) is 0 Å². The minimum absolute atomic E-state index is 0.131. The highest BCUT2D eigenvalue weighted by Gasteiger charge is 2.22. The highest BCUT2D eigenvalue weighted by Crippen LogP contribution is 2.25. The molecule has 0 saturated heterocycles. The molecule has 1 aromatic carbocycles. The van der Waals surface area contributed by atoms with Crippen LogP contribution in [0.2, 0.25) is 0 Å². The number of rotatable bonds is 1. The standard InChI is InChI=1S/C11H8O2/c12-7-10-9-4-2-1-3-8(9)5-6-11(10)13/h1-7,10H. The summed E-state index contributed by atoms with van der Waals surface area (Å²) < 4.78 is 0. The van der Waals surface area contributed by atoms with E-state index in [-0.39, 0.29) is 5.78 Å². The molecule has 2 heteroatoms. The van der Waals surface area contributed by atoms with Crippen LogP contribution in [0.5, 0.6) is 0 Å². The van der Waals surface area contributed by atoms with Crippen LogP contribution >= 0.6 is 0 Å². The van der Waals surface area contributed by atoms with E-state index in [9.17, 15) is 9.59 Å². The largest absolute Gasteiger partial charge is 0.302 e. The van der Waals surface area contributed by atoms with Crippen molar-refractivity contribution in [3.8, 4) is 0 Å². The Labute approximate surface area is 75.9 Å². The number of hydrogen-bond donors (Lipinski definition) is 0. The minimum Gasteiger partial charge on any atom is -0.302 e. The second-order valence-corrected chi connectivity index (χ2v) is 2.98. The van der Waals surface area contributed by atoms with E-state index >= 15 is 0 Å². The molecule has 0 amide bonds. The number of carbonyl (C=O) groups excluding carboxylic acids is 2. The molecule has 1 aliphatic carbocycles. The SMILES string of the molecule is O=CC1C(=O)C=Cc2ccccc21. The van der Waals surface area contributed by atoms with Crippen molar-refractivity contribution >= 4 is 18.1 Å². The maximum Gasteiger partial charge on any atom is 0.170 e. The van der Waals surface area contributed by atoms with Crippen molar-refractivity contribution in [3.63, 3.8) is 0 Å². The zero-order valence-corrected chi connectivity index (χ0v) is 6.94. The zero-order valence-electron chi connectivity index (χ0n) is 6.94. The molecule has 1 aliphatic rings. The van der Waals surface area contributed by atoms with Crippen LogP contribution in [0.15, 0.2) is 30.3 Å². The molecular weight excluding hydrogens is 164 g/mol. The van der Waals surface area contributed by atoms with Crippen molar-refractivity contribution in [3.05, 3.63) is 41.5 Å². The van der Waals surface area contributed by atoms with Crippen molar-refractivity contribution in [2.45, 2.75) is 5.92 Å². The van der Waals surface area contributed by atoms with Crippen molar-refractivity contribution in [1.82, 2.24) is 0 Å². The molecule has 0 fully saturated rings. The van der Waals surface area contributed by atoms with Crippen molar-refractivity contribution in [1.29, 1.82) is 0 Å². The van der Waals surface area contributed by atoms with E-state index in [1.54, 1.807) is 6.08 Å². The van der Waals surface area contributed by atoms with Gasteiger partial charge in [0.2, 0.25) is 0 Å². The molecule has 64 valence electrons. The van der Waals surface area contributed by atoms with Crippen LogP contribution in [0.3, 0.4) is 0 Å². The molecule has 0 radical (unpaired) electrons. The highest BCUT2D eigenvalue weighted by atomic mass is 16.1. The summed E-state index contributed by atoms with van der Waals surface area (Å²) in [6.07, 6.45) is 3.91. The molecule has 1 aromatic rings. The van der Waals surface area contributed by atoms with E-state index in [4.69, 9.17) is 0 Å². The number of ketones is 1. The van der Waals surface area contributed by atoms with Gasteiger partial charge in [-0.2, -0.15) is 0 Å². The van der Waals surface area contributed by atoms with Crippen LogP contribution in [0.1, 0.15) is 17.0 Å². The Hall–Kier alpha value is -1.70. The molecule has 1 unspecified atom stereocenters. The van der Waals surface area contributed by atoms with Gasteiger partial charge in [0, 0.05) is 0 Å². The zero-order chi connectivity index (χ0) is 9.26. The summed E-state index contributed by atoms with van der Waals surface area (Å²) in [5.41, 5.74) is 1.77. The second-order valence-electron chi connectivity index (χ2n) is 2.98. The molecule has 2 rings (SSSR count). The summed E-state index contributed by atoms with van der Waals surface area (Å²) in [6, 6.07) is 7.44. The molecule has 0 spiro atoms. The summed E-state index contributed by atoms with van der Waals surface area (Å²) in [4.78, 5) is 21.9. The van der Waals surface area contributed by atoms with Gasteiger partial charge >= 0.3 is 0 Å². The van der Waals surface area contributed by atoms with E-state index in [0.29, 0.717) is 6.29 Å². The number of benzene rings is 1. The van der Waals surface area contributed by atoms with Gasteiger partial charge in [-0.05, 0) is 17.2 Å². The van der Waals surface area contributed by atoms with E-state index < -0.39 is 5.92 Å². The van der Waals surface area contributed by atoms with Crippen LogP contribution < -0.4 is 0 Å². The van der Waals surface area contributed by atoms with E-state index in [1.165, 1.54) is 6.08 Å². The predicted octanol–water partition coefficient (Wildman–Crippen LogP) is 1.56. The van der Waals surface area contributed by atoms with E-state index in [1.807, 2.05) is 24.3 Å². The van der Waals surface area contributed by atoms with E-state index in [2.05, 4.69) is 0 Å². The third-order valence-electron chi connectivity index (χ3n) is 2.20. The number of aldehydes is 1. The minimum atomic E-state index is -0.596. The quantitative estimate of drug-likeness (QED) is 0.476. The van der Waals surface area contributed by atoms with Gasteiger partial charge in [0.1, 0.15) is 12.2 Å². The van der Waals surface area contributed by atoms with Gasteiger partial charge in [-0.15, -0.1) is 0 Å². The van der Waals surface area contributed by atoms with Crippen molar-refractivity contribution in [2.75, 3.05) is 0 Å². The molecule has 0 heterocycles. The number of fused-ring (bicyclic) bond motifs is 1. The lowest BCUT2D eigenvalue weighted by Crippen LogP contribution is -2.15. The summed E-state index contributed by atoms with van der Waals surface area (Å²) in [5, 5.41) is 0. The fourth-order valence-electron chi connectivity index (χ4n) is 1.52. The molecule has 0 bridgehead atoms. The van der Waals surface area contributed by atoms with Crippen molar-refractivity contribution in [2.24, 2.45) is 0 Å². The third kappa shape index (κ3) is 1.20. The van der Waals surface area contributed by atoms with Gasteiger partial charge in [0.15, 0.2) is 5.78 Å². The van der Waals surface area contributed by atoms with Gasteiger partial charge in [-0.1, -0.05) is 30.3 Å². The average Bonchev–Trinajstić information content (AvgIpc) is 2.18. The molecule has 13 heavy (non-hydrogen) atoms. The lowest BCUT2D eigenvalue weighted by atomic mass is 9.87. The molecule has 0 aliphatic heterocycles. The monoisotopic (exact) mass is 172 g/mol. The summed E-state index contributed by atoms with van der Waals surface area (Å²) in [7, 11) is 0. The second kappa shape index (κ2) is 2.98. The van der Waals surface area contributed by atoms with Crippen LogP contribution in [0.4, 0.5) is 0 Å². The molecule has 0 N–H and O–H groups in total. The van der Waals surface area contributed by atoms with Crippen molar-refractivity contribution < 1.29 is 9.59 Å². The van der Waals surface area contributed by atoms with Crippen LogP contribution in [0, 0.1) is 0 Å². The Bertz CT molecular complexity index is 391. The Morgan fingerprint density at radius 3 is 2.69 bits per heavy atom. The van der Waals surface area contributed by atoms with Crippen LogP contribution in [-0.4, -0.2) is 12.1 Å². The first-order valence-corrected chi connectivity index (χ1v) is 4.09. The Kier molecular flexibility index (Phi) is 1.81. The van der Waals surface area contributed by atoms with Gasteiger partial charge in [-0.3, -0.25) is 4.79 Å². The van der Waals surface area contributed by atoms with Gasteiger partial charge < -0.3 is 4.79 Å². The first-order valence-electron chi connectivity index (χ1n) is 4.09. The third-order valence-corrected chi connectivity index (χ3v) is 2.20. The van der Waals surface area contributed by atoms with Gasteiger partial charge in [-0.25, -0.2) is 0 Å². The summed E-state index contributed by atoms with van der Waals surface area (Å²) in [6.45, 7) is 0. The number of allylic oxidation sites excluding steroid dienone is 1. The van der Waals surface area contributed by atoms with Crippen LogP contribution in [-0.2, 0) is 9.59 Å². The molecule has 0 aromatic heterocycles. The smallest absolute Gasteiger partial charge is 0.170 e.